The van der Waals surface area contributed by atoms with E-state index in [0.29, 0.717) is 21.5 Å². The molecule has 0 saturated heterocycles. The van der Waals surface area contributed by atoms with Gasteiger partial charge >= 0.3 is 0 Å². The third-order valence-corrected chi connectivity index (χ3v) is 3.47. The number of nitrogens with zero attached hydrogens (tertiary/aromatic N) is 1. The first-order chi connectivity index (χ1) is 7.72. The lowest BCUT2D eigenvalue weighted by Crippen LogP contribution is -2.05. The van der Waals surface area contributed by atoms with Gasteiger partial charge in [-0.3, -0.25) is 0 Å². The summed E-state index contributed by atoms with van der Waals surface area (Å²) in [5, 5.41) is 3.59. The summed E-state index contributed by atoms with van der Waals surface area (Å²) in [6, 6.07) is 6.56. The van der Waals surface area contributed by atoms with E-state index in [2.05, 4.69) is 10.3 Å². The van der Waals surface area contributed by atoms with E-state index >= 15 is 0 Å². The van der Waals surface area contributed by atoms with E-state index in [1.54, 1.807) is 18.2 Å². The van der Waals surface area contributed by atoms with Crippen LogP contribution < -0.4 is 5.32 Å². The topological polar surface area (TPSA) is 24.9 Å². The van der Waals surface area contributed by atoms with Crippen molar-refractivity contribution in [3.05, 3.63) is 40.1 Å². The maximum atomic E-state index is 13.5. The molecule has 1 aromatic carbocycles. The predicted molar refractivity (Wildman–Crippen MR) is 65.3 cm³/mol. The van der Waals surface area contributed by atoms with Gasteiger partial charge in [-0.25, -0.2) is 9.37 Å². The maximum Gasteiger partial charge on any atom is 0.133 e. The Kier molecular flexibility index (Phi) is 3.53. The average Bonchev–Trinajstić information content (AvgIpc) is 2.61. The maximum absolute atomic E-state index is 13.5. The van der Waals surface area contributed by atoms with E-state index < -0.39 is 0 Å². The minimum atomic E-state index is -0.274. The molecular weight excluding hydrogens is 247 g/mol. The summed E-state index contributed by atoms with van der Waals surface area (Å²) in [6.07, 6.45) is 0. The molecule has 16 heavy (non-hydrogen) atoms. The first kappa shape index (κ1) is 11.5. The van der Waals surface area contributed by atoms with Crippen LogP contribution in [0.2, 0.25) is 4.34 Å². The molecule has 0 amide bonds. The summed E-state index contributed by atoms with van der Waals surface area (Å²) in [7, 11) is 1.82. The van der Waals surface area contributed by atoms with Crippen LogP contribution in [0, 0.1) is 5.82 Å². The van der Waals surface area contributed by atoms with E-state index in [-0.39, 0.29) is 5.82 Å². The first-order valence-corrected chi connectivity index (χ1v) is 5.96. The molecule has 0 saturated carbocycles. The lowest BCUT2D eigenvalue weighted by Gasteiger charge is -1.97. The molecule has 2 rings (SSSR count). The lowest BCUT2D eigenvalue weighted by atomic mass is 10.2. The molecule has 1 aromatic heterocycles. The van der Waals surface area contributed by atoms with Gasteiger partial charge in [-0.2, -0.15) is 0 Å². The summed E-state index contributed by atoms with van der Waals surface area (Å²) < 4.78 is 14.1. The van der Waals surface area contributed by atoms with Gasteiger partial charge in [0.15, 0.2) is 0 Å². The predicted octanol–water partition coefficient (Wildman–Crippen LogP) is 3.32. The largest absolute Gasteiger partial charge is 0.314 e. The molecule has 5 heteroatoms. The minimum absolute atomic E-state index is 0.274. The van der Waals surface area contributed by atoms with Crippen LogP contribution in [0.5, 0.6) is 0 Å². The molecule has 2 aromatic rings. The normalized spacial score (nSPS) is 10.7. The van der Waals surface area contributed by atoms with E-state index in [1.165, 1.54) is 17.4 Å². The van der Waals surface area contributed by atoms with Gasteiger partial charge < -0.3 is 5.32 Å². The van der Waals surface area contributed by atoms with Crippen LogP contribution in [0.4, 0.5) is 4.39 Å². The summed E-state index contributed by atoms with van der Waals surface area (Å²) in [5.74, 6) is -0.274. The van der Waals surface area contributed by atoms with Crippen molar-refractivity contribution in [2.24, 2.45) is 0 Å². The number of benzene rings is 1. The van der Waals surface area contributed by atoms with Gasteiger partial charge in [-0.1, -0.05) is 23.7 Å². The van der Waals surface area contributed by atoms with Crippen molar-refractivity contribution >= 4 is 22.9 Å². The van der Waals surface area contributed by atoms with Gasteiger partial charge in [0.25, 0.3) is 0 Å². The Balaban J connectivity index is 2.42. The molecule has 0 aliphatic heterocycles. The Morgan fingerprint density at radius 3 is 2.88 bits per heavy atom. The second-order valence-electron chi connectivity index (χ2n) is 3.25. The van der Waals surface area contributed by atoms with Crippen LogP contribution in [0.1, 0.15) is 5.69 Å². The van der Waals surface area contributed by atoms with Crippen LogP contribution in [0.25, 0.3) is 10.6 Å². The van der Waals surface area contributed by atoms with E-state index in [9.17, 15) is 4.39 Å². The van der Waals surface area contributed by atoms with Crippen molar-refractivity contribution < 1.29 is 4.39 Å². The van der Waals surface area contributed by atoms with Crippen molar-refractivity contribution in [2.75, 3.05) is 7.05 Å². The summed E-state index contributed by atoms with van der Waals surface area (Å²) >= 11 is 7.32. The standard InChI is InChI=1S/C11H10ClFN2S/c1-14-6-9-10(12)16-11(15-9)7-4-2-3-5-8(7)13/h2-5,14H,6H2,1H3. The molecule has 0 aliphatic rings. The van der Waals surface area contributed by atoms with Gasteiger partial charge in [0.05, 0.1) is 5.69 Å². The third kappa shape index (κ3) is 2.24. The highest BCUT2D eigenvalue weighted by Gasteiger charge is 2.12. The molecule has 0 aliphatic carbocycles. The molecule has 0 atom stereocenters. The van der Waals surface area contributed by atoms with Gasteiger partial charge in [0.1, 0.15) is 15.2 Å². The number of hydrogen-bond acceptors (Lipinski definition) is 3. The SMILES string of the molecule is CNCc1nc(-c2ccccc2F)sc1Cl. The fraction of sp³-hybridized carbons (Fsp3) is 0.182. The van der Waals surface area contributed by atoms with Crippen molar-refractivity contribution in [3.8, 4) is 10.6 Å². The van der Waals surface area contributed by atoms with E-state index in [4.69, 9.17) is 11.6 Å². The summed E-state index contributed by atoms with van der Waals surface area (Å²) in [6.45, 7) is 0.587. The van der Waals surface area contributed by atoms with Gasteiger partial charge in [-0.15, -0.1) is 11.3 Å². The Hall–Kier alpha value is -0.970. The number of thiazole rings is 1. The molecule has 0 radical (unpaired) electrons. The zero-order chi connectivity index (χ0) is 11.5. The zero-order valence-electron chi connectivity index (χ0n) is 8.63. The molecule has 0 spiro atoms. The monoisotopic (exact) mass is 256 g/mol. The molecule has 0 unspecified atom stereocenters. The van der Waals surface area contributed by atoms with Crippen molar-refractivity contribution in [1.29, 1.82) is 0 Å². The Labute approximate surface area is 102 Å². The van der Waals surface area contributed by atoms with Gasteiger partial charge in [-0.05, 0) is 19.2 Å². The van der Waals surface area contributed by atoms with Crippen molar-refractivity contribution in [3.63, 3.8) is 0 Å². The average molecular weight is 257 g/mol. The second kappa shape index (κ2) is 4.91. The lowest BCUT2D eigenvalue weighted by molar-refractivity contribution is 0.631. The number of hydrogen-bond donors (Lipinski definition) is 1. The van der Waals surface area contributed by atoms with Crippen LogP contribution in [-0.4, -0.2) is 12.0 Å². The van der Waals surface area contributed by atoms with Crippen molar-refractivity contribution in [2.45, 2.75) is 6.54 Å². The Morgan fingerprint density at radius 1 is 1.44 bits per heavy atom. The molecule has 1 N–H and O–H groups in total. The molecule has 84 valence electrons. The van der Waals surface area contributed by atoms with E-state index in [0.717, 1.165) is 5.69 Å². The Morgan fingerprint density at radius 2 is 2.19 bits per heavy atom. The molecular formula is C11H10ClFN2S. The Bertz CT molecular complexity index is 498. The van der Waals surface area contributed by atoms with Crippen LogP contribution in [0.3, 0.4) is 0 Å². The first-order valence-electron chi connectivity index (χ1n) is 4.77. The fourth-order valence-electron chi connectivity index (χ4n) is 1.36. The summed E-state index contributed by atoms with van der Waals surface area (Å²) in [5.41, 5.74) is 1.25. The molecule has 2 nitrogen and oxygen atoms in total. The van der Waals surface area contributed by atoms with Crippen molar-refractivity contribution in [1.82, 2.24) is 10.3 Å². The number of halogens is 2. The third-order valence-electron chi connectivity index (χ3n) is 2.10. The molecule has 0 fully saturated rings. The smallest absolute Gasteiger partial charge is 0.133 e. The highest BCUT2D eigenvalue weighted by Crippen LogP contribution is 2.32. The van der Waals surface area contributed by atoms with E-state index in [1.807, 2.05) is 7.05 Å². The highest BCUT2D eigenvalue weighted by atomic mass is 35.5. The van der Waals surface area contributed by atoms with Crippen LogP contribution in [-0.2, 0) is 6.54 Å². The minimum Gasteiger partial charge on any atom is -0.314 e. The zero-order valence-corrected chi connectivity index (χ0v) is 10.2. The highest BCUT2D eigenvalue weighted by molar-refractivity contribution is 7.19. The second-order valence-corrected chi connectivity index (χ2v) is 4.85. The van der Waals surface area contributed by atoms with Gasteiger partial charge in [0.2, 0.25) is 0 Å². The number of nitrogens with one attached hydrogen (secondary N) is 1. The number of rotatable bonds is 3. The quantitative estimate of drug-likeness (QED) is 0.911. The van der Waals surface area contributed by atoms with Crippen LogP contribution >= 0.6 is 22.9 Å². The molecule has 1 heterocycles. The molecule has 0 bridgehead atoms. The fourth-order valence-corrected chi connectivity index (χ4v) is 2.52. The van der Waals surface area contributed by atoms with Gasteiger partial charge in [0, 0.05) is 12.1 Å². The number of aromatic nitrogens is 1. The summed E-state index contributed by atoms with van der Waals surface area (Å²) in [4.78, 5) is 4.31. The van der Waals surface area contributed by atoms with Crippen LogP contribution in [0.15, 0.2) is 24.3 Å².